The van der Waals surface area contributed by atoms with Crippen molar-refractivity contribution in [3.05, 3.63) is 47.5 Å². The molecule has 2 heterocycles. The fourth-order valence-corrected chi connectivity index (χ4v) is 4.77. The Labute approximate surface area is 193 Å². The molecule has 1 aliphatic heterocycles. The fourth-order valence-electron chi connectivity index (χ4n) is 4.77. The van der Waals surface area contributed by atoms with Crippen LogP contribution in [0, 0.1) is 23.6 Å². The van der Waals surface area contributed by atoms with Crippen molar-refractivity contribution < 1.29 is 18.7 Å². The van der Waals surface area contributed by atoms with E-state index in [0.29, 0.717) is 30.4 Å². The van der Waals surface area contributed by atoms with Gasteiger partial charge < -0.3 is 14.4 Å². The van der Waals surface area contributed by atoms with Gasteiger partial charge in [-0.1, -0.05) is 6.07 Å². The molecule has 0 spiro atoms. The third-order valence-electron chi connectivity index (χ3n) is 6.70. The molecular weight excluding hydrogens is 425 g/mol. The monoisotopic (exact) mass is 457 g/mol. The molecule has 1 amide bonds. The lowest BCUT2D eigenvalue weighted by molar-refractivity contribution is -0.120. The molecule has 9 heteroatoms. The molecule has 3 N–H and O–H groups in total. The molecular formula is C24H32FN5O3. The van der Waals surface area contributed by atoms with Gasteiger partial charge in [0.1, 0.15) is 11.6 Å². The van der Waals surface area contributed by atoms with E-state index in [1.165, 1.54) is 12.5 Å². The summed E-state index contributed by atoms with van der Waals surface area (Å²) in [7, 11) is 1.67. The third kappa shape index (κ3) is 6.17. The van der Waals surface area contributed by atoms with Gasteiger partial charge in [-0.3, -0.25) is 10.2 Å². The molecule has 178 valence electrons. The van der Waals surface area contributed by atoms with Crippen LogP contribution in [0.2, 0.25) is 0 Å². The number of carbonyl (C=O) groups is 1. The molecule has 0 bridgehead atoms. The summed E-state index contributed by atoms with van der Waals surface area (Å²) in [6.45, 7) is 3.08. The molecule has 2 aromatic rings. The molecule has 1 aromatic carbocycles. The largest absolute Gasteiger partial charge is 0.493 e. The first-order valence-corrected chi connectivity index (χ1v) is 11.5. The highest BCUT2D eigenvalue weighted by atomic mass is 19.1. The minimum absolute atomic E-state index is 0.0869. The quantitative estimate of drug-likeness (QED) is 0.321. The van der Waals surface area contributed by atoms with Crippen LogP contribution in [0.5, 0.6) is 5.75 Å². The molecule has 2 aliphatic rings. The molecule has 2 fully saturated rings. The zero-order chi connectivity index (χ0) is 23.2. The van der Waals surface area contributed by atoms with Gasteiger partial charge in [0.25, 0.3) is 0 Å². The van der Waals surface area contributed by atoms with Crippen molar-refractivity contribution >= 4 is 11.9 Å². The number of anilines is 1. The van der Waals surface area contributed by atoms with Crippen LogP contribution in [0.3, 0.4) is 0 Å². The van der Waals surface area contributed by atoms with E-state index in [-0.39, 0.29) is 6.42 Å². The molecule has 1 aromatic heterocycles. The van der Waals surface area contributed by atoms with E-state index in [4.69, 9.17) is 15.3 Å². The summed E-state index contributed by atoms with van der Waals surface area (Å²) in [6, 6.07) is 4.61. The number of benzene rings is 1. The van der Waals surface area contributed by atoms with Crippen LogP contribution in [0.25, 0.3) is 0 Å². The van der Waals surface area contributed by atoms with Crippen LogP contribution in [0.1, 0.15) is 36.8 Å². The highest BCUT2D eigenvalue weighted by Crippen LogP contribution is 2.49. The molecule has 4 rings (SSSR count). The number of nitrogens with two attached hydrogens (primary N) is 1. The number of rotatable bonds is 10. The third-order valence-corrected chi connectivity index (χ3v) is 6.70. The molecule has 0 radical (unpaired) electrons. The summed E-state index contributed by atoms with van der Waals surface area (Å²) < 4.78 is 25.0. The van der Waals surface area contributed by atoms with E-state index < -0.39 is 11.7 Å². The lowest BCUT2D eigenvalue weighted by atomic mass is 9.90. The maximum absolute atomic E-state index is 14.1. The number of aromatic nitrogens is 2. The van der Waals surface area contributed by atoms with Crippen molar-refractivity contribution in [2.45, 2.75) is 38.7 Å². The first-order chi connectivity index (χ1) is 16.1. The second kappa shape index (κ2) is 10.9. The topological polar surface area (TPSA) is 103 Å². The molecule has 33 heavy (non-hydrogen) atoms. The van der Waals surface area contributed by atoms with Gasteiger partial charge in [0.15, 0.2) is 0 Å². The summed E-state index contributed by atoms with van der Waals surface area (Å²) in [5.74, 6) is 7.65. The van der Waals surface area contributed by atoms with Crippen molar-refractivity contribution in [2.75, 3.05) is 31.7 Å². The lowest BCUT2D eigenvalue weighted by Gasteiger charge is -2.32. The van der Waals surface area contributed by atoms with E-state index >= 15 is 0 Å². The van der Waals surface area contributed by atoms with E-state index in [0.717, 1.165) is 55.7 Å². The number of piperidine rings is 1. The maximum Gasteiger partial charge on any atom is 0.238 e. The average molecular weight is 458 g/mol. The second-order valence-electron chi connectivity index (χ2n) is 8.94. The number of hydrazine groups is 1. The normalized spacial score (nSPS) is 20.5. The number of methoxy groups -OCH3 is 1. The summed E-state index contributed by atoms with van der Waals surface area (Å²) >= 11 is 0. The Bertz CT molecular complexity index is 934. The van der Waals surface area contributed by atoms with Gasteiger partial charge in [-0.15, -0.1) is 0 Å². The Morgan fingerprint density at radius 3 is 2.70 bits per heavy atom. The summed E-state index contributed by atoms with van der Waals surface area (Å²) in [6.07, 6.45) is 8.14. The SMILES string of the molecule is COCc1cnc(N2CCC([C@H]3C[C@H]3CCOc3ccc(CC(=O)NN)c(F)c3)CC2)nc1. The predicted octanol–water partition coefficient (Wildman–Crippen LogP) is 2.62. The molecule has 1 saturated carbocycles. The number of hydrogen-bond acceptors (Lipinski definition) is 7. The fraction of sp³-hybridized carbons (Fsp3) is 0.542. The second-order valence-corrected chi connectivity index (χ2v) is 8.94. The predicted molar refractivity (Wildman–Crippen MR) is 122 cm³/mol. The van der Waals surface area contributed by atoms with Crippen molar-refractivity contribution in [3.63, 3.8) is 0 Å². The minimum Gasteiger partial charge on any atom is -0.493 e. The number of halogens is 1. The van der Waals surface area contributed by atoms with Gasteiger partial charge in [-0.05, 0) is 55.1 Å². The van der Waals surface area contributed by atoms with Crippen LogP contribution in [-0.4, -0.2) is 42.7 Å². The Hall–Kier alpha value is -2.78. The van der Waals surface area contributed by atoms with Gasteiger partial charge in [-0.25, -0.2) is 20.2 Å². The Morgan fingerprint density at radius 1 is 1.27 bits per heavy atom. The lowest BCUT2D eigenvalue weighted by Crippen LogP contribution is -2.35. The maximum atomic E-state index is 14.1. The molecule has 8 nitrogen and oxygen atoms in total. The summed E-state index contributed by atoms with van der Waals surface area (Å²) in [4.78, 5) is 22.6. The van der Waals surface area contributed by atoms with Gasteiger partial charge in [0, 0.05) is 44.2 Å². The molecule has 1 aliphatic carbocycles. The van der Waals surface area contributed by atoms with Crippen LogP contribution in [0.15, 0.2) is 30.6 Å². The number of hydrogen-bond donors (Lipinski definition) is 2. The minimum atomic E-state index is -0.454. The highest BCUT2D eigenvalue weighted by Gasteiger charge is 2.43. The van der Waals surface area contributed by atoms with Gasteiger partial charge >= 0.3 is 0 Å². The Morgan fingerprint density at radius 2 is 2.03 bits per heavy atom. The van der Waals surface area contributed by atoms with Crippen molar-refractivity contribution in [1.29, 1.82) is 0 Å². The van der Waals surface area contributed by atoms with Crippen LogP contribution in [-0.2, 0) is 22.6 Å². The molecule has 1 saturated heterocycles. The number of amides is 1. The average Bonchev–Trinajstić information content (AvgIpc) is 3.61. The van der Waals surface area contributed by atoms with Gasteiger partial charge in [0.05, 0.1) is 19.6 Å². The van der Waals surface area contributed by atoms with E-state index in [1.807, 2.05) is 17.8 Å². The number of nitrogens with zero attached hydrogens (tertiary/aromatic N) is 3. The van der Waals surface area contributed by atoms with Crippen molar-refractivity contribution in [3.8, 4) is 5.75 Å². The number of ether oxygens (including phenoxy) is 2. The van der Waals surface area contributed by atoms with Gasteiger partial charge in [-0.2, -0.15) is 0 Å². The first-order valence-electron chi connectivity index (χ1n) is 11.5. The van der Waals surface area contributed by atoms with Crippen LogP contribution in [0.4, 0.5) is 10.3 Å². The number of carbonyl (C=O) groups excluding carboxylic acids is 1. The first kappa shape index (κ1) is 23.4. The molecule has 0 unspecified atom stereocenters. The van der Waals surface area contributed by atoms with Crippen molar-refractivity contribution in [2.24, 2.45) is 23.6 Å². The van der Waals surface area contributed by atoms with Gasteiger partial charge in [0.2, 0.25) is 11.9 Å². The zero-order valence-corrected chi connectivity index (χ0v) is 19.0. The Kier molecular flexibility index (Phi) is 7.72. The summed E-state index contributed by atoms with van der Waals surface area (Å²) in [5, 5.41) is 0. The van der Waals surface area contributed by atoms with E-state index in [2.05, 4.69) is 14.9 Å². The summed E-state index contributed by atoms with van der Waals surface area (Å²) in [5.41, 5.74) is 3.29. The van der Waals surface area contributed by atoms with Crippen LogP contribution >= 0.6 is 0 Å². The highest BCUT2D eigenvalue weighted by molar-refractivity contribution is 5.77. The van der Waals surface area contributed by atoms with E-state index in [1.54, 1.807) is 19.2 Å². The zero-order valence-electron chi connectivity index (χ0n) is 19.0. The molecule has 2 atom stereocenters. The standard InChI is InChI=1S/C24H32FN5O3/c1-32-15-16-13-27-24(28-14-16)30-7-4-17(5-8-30)21-10-18(21)6-9-33-20-3-2-19(22(25)12-20)11-23(31)29-26/h2-3,12-14,17-18,21H,4-11,15,26H2,1H3,(H,29,31)/t18-,21-/m1/s1. The smallest absolute Gasteiger partial charge is 0.238 e. The van der Waals surface area contributed by atoms with Crippen LogP contribution < -0.4 is 20.9 Å². The van der Waals surface area contributed by atoms with Crippen molar-refractivity contribution in [1.82, 2.24) is 15.4 Å². The Balaban J connectivity index is 1.16. The number of nitrogens with one attached hydrogen (secondary N) is 1. The van der Waals surface area contributed by atoms with E-state index in [9.17, 15) is 9.18 Å².